The largest absolute Gasteiger partial charge is 0.481 e. The molecule has 9 atom stereocenters. The molecule has 4 saturated carbocycles. The normalized spacial score (nSPS) is 35.6. The second-order valence-electron chi connectivity index (χ2n) is 18.5. The lowest BCUT2D eigenvalue weighted by Crippen LogP contribution is -2.54. The molecular weight excluding hydrogens is 574 g/mol. The van der Waals surface area contributed by atoms with E-state index < -0.39 is 5.97 Å². The van der Waals surface area contributed by atoms with Gasteiger partial charge in [-0.25, -0.2) is 0 Å². The topological polar surface area (TPSA) is 63.3 Å². The van der Waals surface area contributed by atoms with Gasteiger partial charge in [-0.05, 0) is 104 Å². The number of aliphatic carboxylic acids is 1. The molecule has 3 nitrogen and oxygen atoms in total. The van der Waals surface area contributed by atoms with Crippen molar-refractivity contribution in [2.45, 2.75) is 226 Å². The van der Waals surface area contributed by atoms with E-state index in [0.29, 0.717) is 23.7 Å². The smallest absolute Gasteiger partial charge is 0.303 e. The van der Waals surface area contributed by atoms with Gasteiger partial charge in [0.15, 0.2) is 0 Å². The summed E-state index contributed by atoms with van der Waals surface area (Å²) in [4.78, 5) is 11.6. The molecule has 0 bridgehead atoms. The Hall–Kier alpha value is -0.570. The van der Waals surface area contributed by atoms with Crippen molar-refractivity contribution in [3.8, 4) is 0 Å². The van der Waals surface area contributed by atoms with Gasteiger partial charge in [-0.1, -0.05) is 156 Å². The van der Waals surface area contributed by atoms with E-state index in [9.17, 15) is 9.90 Å². The van der Waals surface area contributed by atoms with Crippen LogP contribution in [0.15, 0.2) is 0 Å². The molecule has 0 aromatic carbocycles. The molecule has 0 saturated heterocycles. The first-order chi connectivity index (χ1) is 22.7. The first kappa shape index (κ1) is 39.2. The first-order valence-electron chi connectivity index (χ1n) is 21.7. The number of hydrogen-bond acceptors (Lipinski definition) is 2. The van der Waals surface area contributed by atoms with Gasteiger partial charge in [0, 0.05) is 12.0 Å². The number of rotatable bonds is 23. The standard InChI is InChI=1S/C44H81NO2/c1-5-6-7-8-9-10-11-12-13-14-15-16-17-18-19-20-21-23-32-44(45)34-39-37-28-27-36-25-22-24-31-42(36,3)38(37)30-33-43(39,4)41(44)35(2)26-29-40(46)47/h35-39,41H,5-34,45H2,1-4H3,(H,46,47)/t35-,36?,37-,38+,39+,41-,42+,43+,44?/m1/s1. The summed E-state index contributed by atoms with van der Waals surface area (Å²) in [6, 6.07) is 0. The van der Waals surface area contributed by atoms with E-state index in [0.717, 1.165) is 36.5 Å². The van der Waals surface area contributed by atoms with Crippen molar-refractivity contribution >= 4 is 5.97 Å². The number of carboxylic acids is 1. The Kier molecular flexibility index (Phi) is 16.0. The molecule has 0 aromatic rings. The summed E-state index contributed by atoms with van der Waals surface area (Å²) in [6.07, 6.45) is 40.2. The monoisotopic (exact) mass is 656 g/mol. The molecule has 47 heavy (non-hydrogen) atoms. The van der Waals surface area contributed by atoms with Crippen molar-refractivity contribution < 1.29 is 9.90 Å². The molecule has 0 spiro atoms. The van der Waals surface area contributed by atoms with Crippen molar-refractivity contribution in [1.29, 1.82) is 0 Å². The summed E-state index contributed by atoms with van der Waals surface area (Å²) in [6.45, 7) is 9.97. The van der Waals surface area contributed by atoms with Gasteiger partial charge >= 0.3 is 5.97 Å². The lowest BCUT2D eigenvalue weighted by atomic mass is 9.44. The minimum Gasteiger partial charge on any atom is -0.481 e. The Morgan fingerprint density at radius 3 is 1.81 bits per heavy atom. The highest BCUT2D eigenvalue weighted by atomic mass is 16.4. The molecule has 0 aromatic heterocycles. The van der Waals surface area contributed by atoms with Crippen LogP contribution in [0.4, 0.5) is 0 Å². The van der Waals surface area contributed by atoms with E-state index in [4.69, 9.17) is 5.73 Å². The third-order valence-electron chi connectivity index (χ3n) is 15.3. The van der Waals surface area contributed by atoms with Crippen LogP contribution in [-0.4, -0.2) is 16.6 Å². The van der Waals surface area contributed by atoms with Crippen LogP contribution in [0.1, 0.15) is 220 Å². The Balaban J connectivity index is 1.18. The molecular formula is C44H81NO2. The van der Waals surface area contributed by atoms with E-state index in [1.165, 1.54) is 173 Å². The first-order valence-corrected chi connectivity index (χ1v) is 21.7. The fourth-order valence-corrected chi connectivity index (χ4v) is 13.0. The zero-order chi connectivity index (χ0) is 33.8. The van der Waals surface area contributed by atoms with Gasteiger partial charge in [0.05, 0.1) is 0 Å². The van der Waals surface area contributed by atoms with Crippen molar-refractivity contribution in [3.63, 3.8) is 0 Å². The second-order valence-corrected chi connectivity index (χ2v) is 18.5. The quantitative estimate of drug-likeness (QED) is 0.108. The van der Waals surface area contributed by atoms with E-state index in [2.05, 4.69) is 27.7 Å². The molecule has 4 rings (SSSR count). The number of fused-ring (bicyclic) bond motifs is 5. The Morgan fingerprint density at radius 1 is 0.702 bits per heavy atom. The highest BCUT2D eigenvalue weighted by molar-refractivity contribution is 5.66. The molecule has 4 fully saturated rings. The second kappa shape index (κ2) is 19.2. The molecule has 3 heteroatoms. The highest BCUT2D eigenvalue weighted by Crippen LogP contribution is 2.70. The van der Waals surface area contributed by atoms with Crippen molar-refractivity contribution in [1.82, 2.24) is 0 Å². The van der Waals surface area contributed by atoms with Gasteiger partial charge in [0.1, 0.15) is 0 Å². The highest BCUT2D eigenvalue weighted by Gasteiger charge is 2.65. The third kappa shape index (κ3) is 10.3. The van der Waals surface area contributed by atoms with Gasteiger partial charge < -0.3 is 10.8 Å². The molecule has 0 aliphatic heterocycles. The maximum atomic E-state index is 11.6. The molecule has 0 heterocycles. The molecule has 3 N–H and O–H groups in total. The molecule has 4 aliphatic carbocycles. The Morgan fingerprint density at radius 2 is 1.26 bits per heavy atom. The summed E-state index contributed by atoms with van der Waals surface area (Å²) in [5.74, 6) is 3.63. The van der Waals surface area contributed by atoms with E-state index in [1.807, 2.05) is 0 Å². The Labute approximate surface area is 293 Å². The zero-order valence-corrected chi connectivity index (χ0v) is 32.1. The minimum absolute atomic E-state index is 0.119. The van der Waals surface area contributed by atoms with Gasteiger partial charge in [-0.2, -0.15) is 0 Å². The fourth-order valence-electron chi connectivity index (χ4n) is 13.0. The summed E-state index contributed by atoms with van der Waals surface area (Å²) < 4.78 is 0. The fraction of sp³-hybridized carbons (Fsp3) is 0.977. The summed E-state index contributed by atoms with van der Waals surface area (Å²) in [5.41, 5.74) is 8.38. The average molecular weight is 656 g/mol. The summed E-state index contributed by atoms with van der Waals surface area (Å²) >= 11 is 0. The van der Waals surface area contributed by atoms with E-state index >= 15 is 0 Å². The SMILES string of the molecule is CCCCCCCCCCCCCCCCCCCCC1(N)C[C@H]2[C@@H]3CCC4CCCC[C@]4(C)[C@H]3CC[C@]2(C)[C@H]1[C@H](C)CCC(=O)O. The van der Waals surface area contributed by atoms with Crippen molar-refractivity contribution in [3.05, 3.63) is 0 Å². The zero-order valence-electron chi connectivity index (χ0n) is 32.1. The Bertz CT molecular complexity index is 903. The van der Waals surface area contributed by atoms with Crippen LogP contribution in [0.25, 0.3) is 0 Å². The predicted octanol–water partition coefficient (Wildman–Crippen LogP) is 13.3. The lowest BCUT2D eigenvalue weighted by molar-refractivity contribution is -0.138. The number of hydrogen-bond donors (Lipinski definition) is 2. The predicted molar refractivity (Wildman–Crippen MR) is 202 cm³/mol. The molecule has 0 radical (unpaired) electrons. The van der Waals surface area contributed by atoms with E-state index in [-0.39, 0.29) is 11.0 Å². The van der Waals surface area contributed by atoms with Crippen molar-refractivity contribution in [2.75, 3.05) is 0 Å². The van der Waals surface area contributed by atoms with Gasteiger partial charge in [-0.15, -0.1) is 0 Å². The van der Waals surface area contributed by atoms with Gasteiger partial charge in [0.25, 0.3) is 0 Å². The number of nitrogens with two attached hydrogens (primary N) is 1. The van der Waals surface area contributed by atoms with Crippen LogP contribution >= 0.6 is 0 Å². The molecule has 4 aliphatic rings. The minimum atomic E-state index is -0.644. The number of carboxylic acid groups (broad SMARTS) is 1. The summed E-state index contributed by atoms with van der Waals surface area (Å²) in [7, 11) is 0. The van der Waals surface area contributed by atoms with Crippen LogP contribution in [0, 0.1) is 46.3 Å². The van der Waals surface area contributed by atoms with Crippen LogP contribution in [0.3, 0.4) is 0 Å². The maximum absolute atomic E-state index is 11.6. The van der Waals surface area contributed by atoms with Crippen molar-refractivity contribution in [2.24, 2.45) is 52.1 Å². The van der Waals surface area contributed by atoms with Gasteiger partial charge in [0.2, 0.25) is 0 Å². The maximum Gasteiger partial charge on any atom is 0.303 e. The number of carbonyl (C=O) groups is 1. The average Bonchev–Trinajstić information content (AvgIpc) is 3.29. The molecule has 2 unspecified atom stereocenters. The molecule has 0 amide bonds. The molecule has 274 valence electrons. The van der Waals surface area contributed by atoms with E-state index in [1.54, 1.807) is 0 Å². The third-order valence-corrected chi connectivity index (χ3v) is 15.3. The number of unbranched alkanes of at least 4 members (excludes halogenated alkanes) is 17. The van der Waals surface area contributed by atoms with Crippen LogP contribution in [0.5, 0.6) is 0 Å². The van der Waals surface area contributed by atoms with Gasteiger partial charge in [-0.3, -0.25) is 4.79 Å². The van der Waals surface area contributed by atoms with Crippen LogP contribution in [0.2, 0.25) is 0 Å². The van der Waals surface area contributed by atoms with Crippen LogP contribution in [-0.2, 0) is 4.79 Å². The summed E-state index contributed by atoms with van der Waals surface area (Å²) in [5, 5.41) is 9.57. The van der Waals surface area contributed by atoms with Crippen LogP contribution < -0.4 is 5.73 Å². The lowest BCUT2D eigenvalue weighted by Gasteiger charge is -2.61.